The molecule has 0 spiro atoms. The number of phenolic OH excluding ortho intramolecular Hbond substituents is 2. The van der Waals surface area contributed by atoms with E-state index in [2.05, 4.69) is 19.9 Å². The zero-order valence-electron chi connectivity index (χ0n) is 13.5. The maximum atomic E-state index is 9.72. The second-order valence-corrected chi connectivity index (χ2v) is 5.39. The van der Waals surface area contributed by atoms with Gasteiger partial charge in [0, 0.05) is 0 Å². The number of nitriles is 1. The second-order valence-electron chi connectivity index (χ2n) is 5.39. The van der Waals surface area contributed by atoms with Crippen molar-refractivity contribution in [2.45, 2.75) is 33.1 Å². The standard InChI is InChI=1S/C20H21NO2/c1-3-14-13-17(23)9-10-19(14)18(4-2)20(11-12-21)15-5-7-16(22)8-6-15/h5-10,13,22-23H,3-4,11H2,1-2H3. The van der Waals surface area contributed by atoms with Crippen molar-refractivity contribution in [3.05, 3.63) is 59.2 Å². The Morgan fingerprint density at radius 3 is 2.17 bits per heavy atom. The number of allylic oxidation sites excluding steroid dienone is 2. The number of hydrogen-bond acceptors (Lipinski definition) is 3. The lowest BCUT2D eigenvalue weighted by Crippen LogP contribution is -1.96. The van der Waals surface area contributed by atoms with Crippen LogP contribution in [0.2, 0.25) is 0 Å². The van der Waals surface area contributed by atoms with Gasteiger partial charge < -0.3 is 10.2 Å². The number of rotatable bonds is 5. The Morgan fingerprint density at radius 1 is 0.957 bits per heavy atom. The van der Waals surface area contributed by atoms with Crippen LogP contribution in [-0.4, -0.2) is 10.2 Å². The van der Waals surface area contributed by atoms with Crippen LogP contribution in [0.15, 0.2) is 42.5 Å². The van der Waals surface area contributed by atoms with Gasteiger partial charge in [-0.25, -0.2) is 0 Å². The van der Waals surface area contributed by atoms with Gasteiger partial charge in [-0.15, -0.1) is 0 Å². The Morgan fingerprint density at radius 2 is 1.61 bits per heavy atom. The first kappa shape index (κ1) is 16.6. The summed E-state index contributed by atoms with van der Waals surface area (Å²) in [5.74, 6) is 0.467. The van der Waals surface area contributed by atoms with E-state index >= 15 is 0 Å². The maximum Gasteiger partial charge on any atom is 0.115 e. The van der Waals surface area contributed by atoms with E-state index in [-0.39, 0.29) is 11.5 Å². The van der Waals surface area contributed by atoms with Gasteiger partial charge in [0.25, 0.3) is 0 Å². The SMILES string of the molecule is CCC(=C(CC#N)c1ccc(O)cc1)c1ccc(O)cc1CC. The van der Waals surface area contributed by atoms with E-state index in [0.717, 1.165) is 40.7 Å². The molecule has 0 aliphatic rings. The van der Waals surface area contributed by atoms with Gasteiger partial charge in [-0.05, 0) is 64.9 Å². The number of aromatic hydroxyl groups is 2. The van der Waals surface area contributed by atoms with Crippen molar-refractivity contribution in [1.29, 1.82) is 5.26 Å². The van der Waals surface area contributed by atoms with Gasteiger partial charge >= 0.3 is 0 Å². The highest BCUT2D eigenvalue weighted by molar-refractivity contribution is 5.92. The molecule has 23 heavy (non-hydrogen) atoms. The topological polar surface area (TPSA) is 64.2 Å². The van der Waals surface area contributed by atoms with Crippen LogP contribution >= 0.6 is 0 Å². The molecular formula is C20H21NO2. The Balaban J connectivity index is 2.67. The highest BCUT2D eigenvalue weighted by Gasteiger charge is 2.13. The predicted molar refractivity (Wildman–Crippen MR) is 92.9 cm³/mol. The lowest BCUT2D eigenvalue weighted by atomic mass is 9.88. The number of nitrogens with zero attached hydrogens (tertiary/aromatic N) is 1. The van der Waals surface area contributed by atoms with E-state index in [4.69, 9.17) is 0 Å². The molecule has 0 aliphatic carbocycles. The molecule has 0 heterocycles. The minimum atomic E-state index is 0.210. The molecule has 0 aliphatic heterocycles. The molecule has 2 aromatic rings. The third kappa shape index (κ3) is 3.73. The average molecular weight is 307 g/mol. The van der Waals surface area contributed by atoms with Gasteiger partial charge in [0.15, 0.2) is 0 Å². The Labute approximate surface area is 137 Å². The van der Waals surface area contributed by atoms with Gasteiger partial charge in [-0.1, -0.05) is 32.0 Å². The van der Waals surface area contributed by atoms with Crippen molar-refractivity contribution in [2.24, 2.45) is 0 Å². The summed E-state index contributed by atoms with van der Waals surface area (Å²) in [4.78, 5) is 0. The molecule has 2 aromatic carbocycles. The molecule has 3 nitrogen and oxygen atoms in total. The first-order chi connectivity index (χ1) is 11.1. The van der Waals surface area contributed by atoms with Crippen molar-refractivity contribution < 1.29 is 10.2 Å². The molecule has 0 radical (unpaired) electrons. The quantitative estimate of drug-likeness (QED) is 0.773. The number of hydrogen-bond donors (Lipinski definition) is 2. The highest BCUT2D eigenvalue weighted by atomic mass is 16.3. The van der Waals surface area contributed by atoms with E-state index < -0.39 is 0 Å². The lowest BCUT2D eigenvalue weighted by Gasteiger charge is -2.16. The minimum Gasteiger partial charge on any atom is -0.508 e. The molecule has 2 rings (SSSR count). The van der Waals surface area contributed by atoms with Crippen LogP contribution < -0.4 is 0 Å². The van der Waals surface area contributed by atoms with Crippen LogP contribution in [0.4, 0.5) is 0 Å². The fourth-order valence-corrected chi connectivity index (χ4v) is 2.86. The fourth-order valence-electron chi connectivity index (χ4n) is 2.86. The molecule has 3 heteroatoms. The molecule has 0 atom stereocenters. The van der Waals surface area contributed by atoms with Crippen molar-refractivity contribution in [3.63, 3.8) is 0 Å². The third-order valence-corrected chi connectivity index (χ3v) is 3.98. The van der Waals surface area contributed by atoms with Crippen LogP contribution in [0, 0.1) is 11.3 Å². The van der Waals surface area contributed by atoms with Crippen LogP contribution in [-0.2, 0) is 6.42 Å². The lowest BCUT2D eigenvalue weighted by molar-refractivity contribution is 0.474. The molecule has 2 N–H and O–H groups in total. The zero-order valence-corrected chi connectivity index (χ0v) is 13.5. The van der Waals surface area contributed by atoms with Crippen molar-refractivity contribution in [2.75, 3.05) is 0 Å². The van der Waals surface area contributed by atoms with E-state index in [1.165, 1.54) is 0 Å². The largest absolute Gasteiger partial charge is 0.508 e. The van der Waals surface area contributed by atoms with Gasteiger partial charge in [0.05, 0.1) is 12.5 Å². The van der Waals surface area contributed by atoms with Crippen molar-refractivity contribution in [3.8, 4) is 17.6 Å². The molecule has 0 unspecified atom stereocenters. The Kier molecular flexibility index (Phi) is 5.43. The van der Waals surface area contributed by atoms with Gasteiger partial charge in [0.2, 0.25) is 0 Å². The first-order valence-corrected chi connectivity index (χ1v) is 7.81. The van der Waals surface area contributed by atoms with Crippen LogP contribution in [0.1, 0.15) is 43.4 Å². The molecular weight excluding hydrogens is 286 g/mol. The van der Waals surface area contributed by atoms with Gasteiger partial charge in [-0.2, -0.15) is 5.26 Å². The van der Waals surface area contributed by atoms with E-state index in [0.29, 0.717) is 6.42 Å². The molecule has 0 fully saturated rings. The van der Waals surface area contributed by atoms with Gasteiger partial charge in [-0.3, -0.25) is 0 Å². The summed E-state index contributed by atoms with van der Waals surface area (Å²) < 4.78 is 0. The molecule has 0 aromatic heterocycles. The minimum absolute atomic E-state index is 0.210. The highest BCUT2D eigenvalue weighted by Crippen LogP contribution is 2.34. The maximum absolute atomic E-state index is 9.72. The monoisotopic (exact) mass is 307 g/mol. The summed E-state index contributed by atoms with van der Waals surface area (Å²) in [5.41, 5.74) is 5.16. The van der Waals surface area contributed by atoms with Crippen molar-refractivity contribution in [1.82, 2.24) is 0 Å². The molecule has 0 bridgehead atoms. The summed E-state index contributed by atoms with van der Waals surface area (Å²) in [7, 11) is 0. The molecule has 0 saturated carbocycles. The number of aryl methyl sites for hydroxylation is 1. The summed E-state index contributed by atoms with van der Waals surface area (Å²) in [6.45, 7) is 4.12. The Bertz CT molecular complexity index is 752. The summed E-state index contributed by atoms with van der Waals surface area (Å²) in [6, 6.07) is 14.6. The summed E-state index contributed by atoms with van der Waals surface area (Å²) in [6.07, 6.45) is 1.90. The third-order valence-electron chi connectivity index (χ3n) is 3.98. The summed E-state index contributed by atoms with van der Waals surface area (Å²) in [5, 5.41) is 28.4. The van der Waals surface area contributed by atoms with Crippen LogP contribution in [0.5, 0.6) is 11.5 Å². The smallest absolute Gasteiger partial charge is 0.115 e. The van der Waals surface area contributed by atoms with E-state index in [1.54, 1.807) is 24.3 Å². The first-order valence-electron chi connectivity index (χ1n) is 7.81. The van der Waals surface area contributed by atoms with Crippen LogP contribution in [0.25, 0.3) is 11.1 Å². The van der Waals surface area contributed by atoms with Gasteiger partial charge in [0.1, 0.15) is 11.5 Å². The van der Waals surface area contributed by atoms with Crippen LogP contribution in [0.3, 0.4) is 0 Å². The molecule has 118 valence electrons. The number of benzene rings is 2. The predicted octanol–water partition coefficient (Wildman–Crippen LogP) is 4.89. The second kappa shape index (κ2) is 7.51. The molecule has 0 amide bonds. The molecule has 0 saturated heterocycles. The fraction of sp³-hybridized carbons (Fsp3) is 0.250. The zero-order chi connectivity index (χ0) is 16.8. The van der Waals surface area contributed by atoms with Crippen molar-refractivity contribution >= 4 is 11.1 Å². The van der Waals surface area contributed by atoms with E-state index in [1.807, 2.05) is 18.2 Å². The summed E-state index contributed by atoms with van der Waals surface area (Å²) >= 11 is 0. The average Bonchev–Trinajstić information content (AvgIpc) is 2.56. The normalized spacial score (nSPS) is 11.7. The Hall–Kier alpha value is -2.73. The van der Waals surface area contributed by atoms with E-state index in [9.17, 15) is 15.5 Å². The number of phenols is 2.